The van der Waals surface area contributed by atoms with Gasteiger partial charge in [0, 0.05) is 17.8 Å². The second kappa shape index (κ2) is 5.83. The highest BCUT2D eigenvalue weighted by molar-refractivity contribution is 7.87. The van der Waals surface area contributed by atoms with Crippen molar-refractivity contribution in [2.24, 2.45) is 23.7 Å². The number of hydrogen-bond acceptors (Lipinski definition) is 7. The van der Waals surface area contributed by atoms with Crippen LogP contribution in [-0.4, -0.2) is 53.1 Å². The number of fused-ring (bicyclic) bond motifs is 1. The number of aliphatic hydroxyl groups is 1. The van der Waals surface area contributed by atoms with Crippen LogP contribution in [0.15, 0.2) is 0 Å². The van der Waals surface area contributed by atoms with Gasteiger partial charge in [0.15, 0.2) is 0 Å². The maximum Gasteiger partial charge on any atom is 0.465 e. The molecule has 0 spiro atoms. The van der Waals surface area contributed by atoms with E-state index in [0.717, 1.165) is 0 Å². The summed E-state index contributed by atoms with van der Waals surface area (Å²) in [4.78, 5) is 23.9. The lowest BCUT2D eigenvalue weighted by Crippen LogP contribution is -2.52. The zero-order valence-corrected chi connectivity index (χ0v) is 14.9. The second-order valence-corrected chi connectivity index (χ2v) is 8.65. The Morgan fingerprint density at radius 1 is 1.31 bits per heavy atom. The maximum atomic E-state index is 13.5. The van der Waals surface area contributed by atoms with Gasteiger partial charge in [0.05, 0.1) is 11.5 Å². The monoisotopic (exact) mass is 398 g/mol. The molecule has 1 saturated heterocycles. The molecular weight excluding hydrogens is 378 g/mol. The number of hydrogen-bond donors (Lipinski definition) is 2. The molecule has 0 radical (unpaired) electrons. The zero-order chi connectivity index (χ0) is 19.7. The van der Waals surface area contributed by atoms with Gasteiger partial charge < -0.3 is 14.6 Å². The smallest absolute Gasteiger partial charge is 0.458 e. The van der Waals surface area contributed by atoms with Crippen LogP contribution in [0, 0.1) is 23.7 Å². The van der Waals surface area contributed by atoms with E-state index in [4.69, 9.17) is 14.0 Å². The van der Waals surface area contributed by atoms with Crippen molar-refractivity contribution in [1.82, 2.24) is 0 Å². The molecule has 6 atom stereocenters. The van der Waals surface area contributed by atoms with Gasteiger partial charge in [0.25, 0.3) is 0 Å². The number of rotatable bonds is 6. The minimum atomic E-state index is -6.00. The Morgan fingerprint density at radius 2 is 1.88 bits per heavy atom. The highest BCUT2D eigenvalue weighted by Crippen LogP contribution is 2.62. The number of halogens is 2. The van der Waals surface area contributed by atoms with Crippen LogP contribution in [0.25, 0.3) is 0 Å². The Labute approximate surface area is 148 Å². The zero-order valence-electron chi connectivity index (χ0n) is 14.1. The summed E-state index contributed by atoms with van der Waals surface area (Å²) < 4.78 is 67.0. The first-order valence-electron chi connectivity index (χ1n) is 8.37. The van der Waals surface area contributed by atoms with Crippen LogP contribution in [0.5, 0.6) is 0 Å². The van der Waals surface area contributed by atoms with Crippen molar-refractivity contribution < 1.29 is 45.9 Å². The summed E-state index contributed by atoms with van der Waals surface area (Å²) in [6, 6.07) is 0. The fourth-order valence-corrected chi connectivity index (χ4v) is 5.16. The van der Waals surface area contributed by atoms with Crippen molar-refractivity contribution in [3.63, 3.8) is 0 Å². The standard InChI is InChI=1S/C15H20F2O8S/c1-3-14(20,4-2)9-7-5-6-8(9)12(18)24-10(6)11(7)25-13(19)15(16,17)26(21,22)23/h6-11,20H,3-5H2,1-2H3,(H,21,22,23). The van der Waals surface area contributed by atoms with Crippen molar-refractivity contribution in [2.45, 2.75) is 56.2 Å². The van der Waals surface area contributed by atoms with E-state index in [0.29, 0.717) is 19.3 Å². The van der Waals surface area contributed by atoms with Gasteiger partial charge in [-0.05, 0) is 19.3 Å². The van der Waals surface area contributed by atoms with Crippen molar-refractivity contribution in [1.29, 1.82) is 0 Å². The molecule has 0 aromatic rings. The summed E-state index contributed by atoms with van der Waals surface area (Å²) >= 11 is 0. The molecule has 0 aromatic carbocycles. The van der Waals surface area contributed by atoms with Gasteiger partial charge in [-0.25, -0.2) is 4.79 Å². The van der Waals surface area contributed by atoms with Crippen LogP contribution in [0.1, 0.15) is 33.1 Å². The Balaban J connectivity index is 1.91. The van der Waals surface area contributed by atoms with Crippen LogP contribution >= 0.6 is 0 Å². The lowest BCUT2D eigenvalue weighted by Gasteiger charge is -2.41. The van der Waals surface area contributed by atoms with E-state index in [1.807, 2.05) is 0 Å². The lowest BCUT2D eigenvalue weighted by molar-refractivity contribution is -0.180. The van der Waals surface area contributed by atoms with E-state index in [9.17, 15) is 31.9 Å². The summed E-state index contributed by atoms with van der Waals surface area (Å²) in [7, 11) is -6.00. The van der Waals surface area contributed by atoms with E-state index < -0.39 is 62.9 Å². The molecule has 1 aliphatic heterocycles. The van der Waals surface area contributed by atoms with Crippen molar-refractivity contribution in [2.75, 3.05) is 0 Å². The van der Waals surface area contributed by atoms with Gasteiger partial charge in [0.2, 0.25) is 0 Å². The van der Waals surface area contributed by atoms with E-state index in [1.165, 1.54) is 0 Å². The predicted octanol–water partition coefficient (Wildman–Crippen LogP) is 0.737. The molecule has 3 rings (SSSR count). The van der Waals surface area contributed by atoms with E-state index in [1.54, 1.807) is 13.8 Å². The second-order valence-electron chi connectivity index (χ2n) is 7.19. The molecule has 2 saturated carbocycles. The number of carbonyl (C=O) groups is 2. The summed E-state index contributed by atoms with van der Waals surface area (Å²) in [5.74, 6) is -5.26. The molecular formula is C15H20F2O8S. The quantitative estimate of drug-likeness (QED) is 0.495. The third-order valence-corrected chi connectivity index (χ3v) is 7.01. The molecule has 148 valence electrons. The molecule has 0 aromatic heterocycles. The first kappa shape index (κ1) is 19.4. The average Bonchev–Trinajstić information content (AvgIpc) is 3.16. The third kappa shape index (κ3) is 2.47. The Bertz CT molecular complexity index is 732. The number of ether oxygens (including phenoxy) is 2. The molecule has 2 bridgehead atoms. The van der Waals surface area contributed by atoms with Crippen LogP contribution in [0.2, 0.25) is 0 Å². The fourth-order valence-electron chi connectivity index (χ4n) is 4.90. The molecule has 3 fully saturated rings. The van der Waals surface area contributed by atoms with Gasteiger partial charge >= 0.3 is 27.3 Å². The van der Waals surface area contributed by atoms with E-state index in [-0.39, 0.29) is 5.92 Å². The van der Waals surface area contributed by atoms with Gasteiger partial charge in [-0.1, -0.05) is 13.8 Å². The summed E-state index contributed by atoms with van der Waals surface area (Å²) in [6.45, 7) is 3.45. The highest BCUT2D eigenvalue weighted by atomic mass is 32.2. The SMILES string of the molecule is CCC(O)(CC)C1C2CC3C(OC(=O)C31)C2OC(=O)C(F)(F)S(=O)(=O)O. The molecule has 11 heteroatoms. The number of esters is 2. The van der Waals surface area contributed by atoms with Gasteiger partial charge in [-0.2, -0.15) is 17.2 Å². The molecule has 6 unspecified atom stereocenters. The minimum Gasteiger partial charge on any atom is -0.458 e. The summed E-state index contributed by atoms with van der Waals surface area (Å²) in [6.07, 6.45) is -1.31. The summed E-state index contributed by atoms with van der Waals surface area (Å²) in [5.41, 5.74) is -1.27. The first-order chi connectivity index (χ1) is 11.9. The molecule has 8 nitrogen and oxygen atoms in total. The fraction of sp³-hybridized carbons (Fsp3) is 0.867. The van der Waals surface area contributed by atoms with Crippen molar-refractivity contribution >= 4 is 22.1 Å². The van der Waals surface area contributed by atoms with Crippen LogP contribution in [0.4, 0.5) is 8.78 Å². The van der Waals surface area contributed by atoms with Gasteiger partial charge in [0.1, 0.15) is 12.2 Å². The Morgan fingerprint density at radius 3 is 2.38 bits per heavy atom. The van der Waals surface area contributed by atoms with Crippen LogP contribution in [0.3, 0.4) is 0 Å². The van der Waals surface area contributed by atoms with Gasteiger partial charge in [-0.15, -0.1) is 0 Å². The van der Waals surface area contributed by atoms with E-state index in [2.05, 4.69) is 0 Å². The maximum absolute atomic E-state index is 13.5. The van der Waals surface area contributed by atoms with Crippen LogP contribution < -0.4 is 0 Å². The molecule has 1 heterocycles. The molecule has 26 heavy (non-hydrogen) atoms. The molecule has 2 aliphatic carbocycles. The molecule has 0 amide bonds. The predicted molar refractivity (Wildman–Crippen MR) is 80.4 cm³/mol. The molecule has 3 aliphatic rings. The minimum absolute atomic E-state index is 0.299. The van der Waals surface area contributed by atoms with Gasteiger partial charge in [-0.3, -0.25) is 9.35 Å². The largest absolute Gasteiger partial charge is 0.465 e. The number of carbonyl (C=O) groups excluding carboxylic acids is 2. The normalized spacial score (nSPS) is 36.3. The lowest BCUT2D eigenvalue weighted by atomic mass is 9.67. The average molecular weight is 398 g/mol. The van der Waals surface area contributed by atoms with Crippen molar-refractivity contribution in [3.05, 3.63) is 0 Å². The Hall–Kier alpha value is -1.33. The molecule has 2 N–H and O–H groups in total. The summed E-state index contributed by atoms with van der Waals surface area (Å²) in [5, 5.41) is 5.77. The third-order valence-electron chi connectivity index (χ3n) is 6.20. The van der Waals surface area contributed by atoms with Crippen molar-refractivity contribution in [3.8, 4) is 0 Å². The first-order valence-corrected chi connectivity index (χ1v) is 9.81. The van der Waals surface area contributed by atoms with E-state index >= 15 is 0 Å². The topological polar surface area (TPSA) is 127 Å². The van der Waals surface area contributed by atoms with Crippen LogP contribution in [-0.2, 0) is 29.2 Å². The number of alkyl halides is 2. The highest BCUT2D eigenvalue weighted by Gasteiger charge is 2.71. The Kier molecular flexibility index (Phi) is 4.36.